The summed E-state index contributed by atoms with van der Waals surface area (Å²) >= 11 is 0. The number of amides is 1. The average Bonchev–Trinajstić information content (AvgIpc) is 3.29. The van der Waals surface area contributed by atoms with Crippen LogP contribution in [0.25, 0.3) is 17.5 Å². The predicted molar refractivity (Wildman–Crippen MR) is 94.7 cm³/mol. The number of anilines is 1. The SMILES string of the molecule is Cc1noc(-c2ccc(NC(=O)C=Cc3ccc4c(c3)OCO4)cc2)n1. The Hall–Kier alpha value is -3.61. The number of nitrogens with zero attached hydrogens (tertiary/aromatic N) is 2. The van der Waals surface area contributed by atoms with E-state index in [-0.39, 0.29) is 12.7 Å². The maximum absolute atomic E-state index is 12.1. The van der Waals surface area contributed by atoms with Gasteiger partial charge in [0, 0.05) is 17.3 Å². The number of ether oxygens (including phenoxy) is 2. The summed E-state index contributed by atoms with van der Waals surface area (Å²) in [4.78, 5) is 16.2. The van der Waals surface area contributed by atoms with Gasteiger partial charge in [0.2, 0.25) is 12.7 Å². The summed E-state index contributed by atoms with van der Waals surface area (Å²) in [5, 5.41) is 6.56. The number of aryl methyl sites for hydroxylation is 1. The largest absolute Gasteiger partial charge is 0.454 e. The van der Waals surface area contributed by atoms with Gasteiger partial charge in [-0.1, -0.05) is 11.2 Å². The van der Waals surface area contributed by atoms with Crippen LogP contribution in [0.4, 0.5) is 5.69 Å². The first-order valence-corrected chi connectivity index (χ1v) is 7.97. The van der Waals surface area contributed by atoms with E-state index in [4.69, 9.17) is 14.0 Å². The van der Waals surface area contributed by atoms with Gasteiger partial charge in [-0.3, -0.25) is 4.79 Å². The van der Waals surface area contributed by atoms with Crippen LogP contribution in [0.2, 0.25) is 0 Å². The minimum Gasteiger partial charge on any atom is -0.454 e. The van der Waals surface area contributed by atoms with E-state index in [1.807, 2.05) is 30.3 Å². The molecule has 1 aliphatic rings. The number of carbonyl (C=O) groups is 1. The van der Waals surface area contributed by atoms with Gasteiger partial charge in [0.25, 0.3) is 5.89 Å². The molecule has 0 unspecified atom stereocenters. The van der Waals surface area contributed by atoms with E-state index in [0.717, 1.165) is 11.1 Å². The number of hydrogen-bond acceptors (Lipinski definition) is 6. The highest BCUT2D eigenvalue weighted by Crippen LogP contribution is 2.32. The van der Waals surface area contributed by atoms with Crippen LogP contribution in [0.15, 0.2) is 53.1 Å². The first-order chi connectivity index (χ1) is 12.7. The number of hydrogen-bond donors (Lipinski definition) is 1. The highest BCUT2D eigenvalue weighted by Gasteiger charge is 2.12. The number of nitrogens with one attached hydrogen (secondary N) is 1. The van der Waals surface area contributed by atoms with E-state index in [2.05, 4.69) is 15.5 Å². The standard InChI is InChI=1S/C19H15N3O4/c1-12-20-19(26-22-12)14-4-6-15(7-5-14)21-18(23)9-3-13-2-8-16-17(10-13)25-11-24-16/h2-10H,11H2,1H3,(H,21,23). The van der Waals surface area contributed by atoms with Crippen molar-refractivity contribution >= 4 is 17.7 Å². The van der Waals surface area contributed by atoms with Crippen LogP contribution < -0.4 is 14.8 Å². The number of carbonyl (C=O) groups excluding carboxylic acids is 1. The molecule has 1 aliphatic heterocycles. The summed E-state index contributed by atoms with van der Waals surface area (Å²) in [6.07, 6.45) is 3.18. The van der Waals surface area contributed by atoms with Gasteiger partial charge in [0.05, 0.1) is 0 Å². The predicted octanol–water partition coefficient (Wildman–Crippen LogP) is 3.43. The second-order valence-electron chi connectivity index (χ2n) is 5.66. The second-order valence-corrected chi connectivity index (χ2v) is 5.66. The van der Waals surface area contributed by atoms with Crippen molar-refractivity contribution in [3.8, 4) is 23.0 Å². The van der Waals surface area contributed by atoms with Gasteiger partial charge in [-0.15, -0.1) is 0 Å². The fourth-order valence-corrected chi connectivity index (χ4v) is 2.48. The van der Waals surface area contributed by atoms with Crippen molar-refractivity contribution in [2.75, 3.05) is 12.1 Å². The smallest absolute Gasteiger partial charge is 0.257 e. The molecule has 0 spiro atoms. The van der Waals surface area contributed by atoms with Crippen molar-refractivity contribution in [3.63, 3.8) is 0 Å². The van der Waals surface area contributed by atoms with E-state index in [1.54, 1.807) is 25.1 Å². The topological polar surface area (TPSA) is 86.5 Å². The number of rotatable bonds is 4. The second kappa shape index (κ2) is 6.72. The Bertz CT molecular complexity index is 977. The third-order valence-electron chi connectivity index (χ3n) is 3.75. The van der Waals surface area contributed by atoms with E-state index < -0.39 is 0 Å². The third kappa shape index (κ3) is 3.41. The zero-order valence-electron chi connectivity index (χ0n) is 13.9. The Morgan fingerprint density at radius 3 is 2.69 bits per heavy atom. The normalized spacial score (nSPS) is 12.5. The Labute approximate surface area is 149 Å². The zero-order chi connectivity index (χ0) is 17.9. The van der Waals surface area contributed by atoms with Crippen molar-refractivity contribution in [1.29, 1.82) is 0 Å². The zero-order valence-corrected chi connectivity index (χ0v) is 13.9. The molecule has 1 N–H and O–H groups in total. The molecule has 7 heteroatoms. The lowest BCUT2D eigenvalue weighted by Gasteiger charge is -2.03. The molecular weight excluding hydrogens is 334 g/mol. The van der Waals surface area contributed by atoms with Crippen LogP contribution in [-0.2, 0) is 4.79 Å². The van der Waals surface area contributed by atoms with Crippen LogP contribution in [0, 0.1) is 6.92 Å². The molecule has 0 aliphatic carbocycles. The summed E-state index contributed by atoms with van der Waals surface area (Å²) in [7, 11) is 0. The lowest BCUT2D eigenvalue weighted by atomic mass is 10.2. The van der Waals surface area contributed by atoms with Crippen LogP contribution in [0.1, 0.15) is 11.4 Å². The molecule has 4 rings (SSSR count). The van der Waals surface area contributed by atoms with E-state index >= 15 is 0 Å². The minimum absolute atomic E-state index is 0.224. The molecule has 0 atom stereocenters. The molecule has 0 bridgehead atoms. The molecule has 7 nitrogen and oxygen atoms in total. The fraction of sp³-hybridized carbons (Fsp3) is 0.105. The molecule has 26 heavy (non-hydrogen) atoms. The van der Waals surface area contributed by atoms with E-state index in [9.17, 15) is 4.79 Å². The lowest BCUT2D eigenvalue weighted by Crippen LogP contribution is -2.07. The van der Waals surface area contributed by atoms with Gasteiger partial charge in [-0.2, -0.15) is 4.98 Å². The number of benzene rings is 2. The van der Waals surface area contributed by atoms with Crippen molar-refractivity contribution in [3.05, 3.63) is 59.9 Å². The highest BCUT2D eigenvalue weighted by atomic mass is 16.7. The van der Waals surface area contributed by atoms with Gasteiger partial charge in [-0.25, -0.2) is 0 Å². The molecule has 130 valence electrons. The lowest BCUT2D eigenvalue weighted by molar-refractivity contribution is -0.111. The van der Waals surface area contributed by atoms with Gasteiger partial charge in [-0.05, 0) is 55.0 Å². The monoisotopic (exact) mass is 349 g/mol. The Morgan fingerprint density at radius 2 is 1.92 bits per heavy atom. The Balaban J connectivity index is 1.40. The molecule has 0 saturated heterocycles. The van der Waals surface area contributed by atoms with Crippen LogP contribution >= 0.6 is 0 Å². The number of fused-ring (bicyclic) bond motifs is 1. The fourth-order valence-electron chi connectivity index (χ4n) is 2.48. The maximum atomic E-state index is 12.1. The molecule has 1 aromatic heterocycles. The first kappa shape index (κ1) is 15.9. The minimum atomic E-state index is -0.232. The first-order valence-electron chi connectivity index (χ1n) is 7.97. The maximum Gasteiger partial charge on any atom is 0.257 e. The molecule has 0 fully saturated rings. The van der Waals surface area contributed by atoms with Gasteiger partial charge in [0.15, 0.2) is 17.3 Å². The Morgan fingerprint density at radius 1 is 1.12 bits per heavy atom. The van der Waals surface area contributed by atoms with Gasteiger partial charge < -0.3 is 19.3 Å². The number of aromatic nitrogens is 2. The van der Waals surface area contributed by atoms with Crippen molar-refractivity contribution < 1.29 is 18.8 Å². The summed E-state index contributed by atoms with van der Waals surface area (Å²) < 4.78 is 15.7. The summed E-state index contributed by atoms with van der Waals surface area (Å²) in [6.45, 7) is 1.98. The highest BCUT2D eigenvalue weighted by molar-refractivity contribution is 6.02. The van der Waals surface area contributed by atoms with Crippen LogP contribution in [0.5, 0.6) is 11.5 Å². The average molecular weight is 349 g/mol. The van der Waals surface area contributed by atoms with Crippen molar-refractivity contribution in [2.45, 2.75) is 6.92 Å². The third-order valence-corrected chi connectivity index (χ3v) is 3.75. The van der Waals surface area contributed by atoms with E-state index in [0.29, 0.717) is 28.9 Å². The van der Waals surface area contributed by atoms with E-state index in [1.165, 1.54) is 6.08 Å². The molecule has 0 saturated carbocycles. The molecule has 0 radical (unpaired) electrons. The molecular formula is C19H15N3O4. The summed E-state index contributed by atoms with van der Waals surface area (Å²) in [5.41, 5.74) is 2.32. The molecule has 1 amide bonds. The van der Waals surface area contributed by atoms with Gasteiger partial charge >= 0.3 is 0 Å². The van der Waals surface area contributed by atoms with Gasteiger partial charge in [0.1, 0.15) is 0 Å². The molecule has 3 aromatic rings. The van der Waals surface area contributed by atoms with Crippen molar-refractivity contribution in [2.24, 2.45) is 0 Å². The Kier molecular flexibility index (Phi) is 4.10. The quantitative estimate of drug-likeness (QED) is 0.726. The van der Waals surface area contributed by atoms with Crippen LogP contribution in [-0.4, -0.2) is 22.8 Å². The van der Waals surface area contributed by atoms with Crippen molar-refractivity contribution in [1.82, 2.24) is 10.1 Å². The van der Waals surface area contributed by atoms with Crippen LogP contribution in [0.3, 0.4) is 0 Å². The molecule has 2 heterocycles. The summed E-state index contributed by atoms with van der Waals surface area (Å²) in [5.74, 6) is 2.18. The molecule has 2 aromatic carbocycles. The summed E-state index contributed by atoms with van der Waals surface area (Å²) in [6, 6.07) is 12.7.